The van der Waals surface area contributed by atoms with Gasteiger partial charge in [-0.25, -0.2) is 9.50 Å². The molecule has 0 fully saturated rings. The lowest BCUT2D eigenvalue weighted by Gasteiger charge is -2.34. The summed E-state index contributed by atoms with van der Waals surface area (Å²) in [6.45, 7) is 3.99. The van der Waals surface area contributed by atoms with Gasteiger partial charge in [0.2, 0.25) is 0 Å². The normalized spacial score (nSPS) is 14.4. The van der Waals surface area contributed by atoms with Crippen LogP contribution in [0.2, 0.25) is 0 Å². The highest BCUT2D eigenvalue weighted by atomic mass is 32.2. The predicted molar refractivity (Wildman–Crippen MR) is 95.1 cm³/mol. The first-order valence-corrected chi connectivity index (χ1v) is 8.96. The predicted octanol–water partition coefficient (Wildman–Crippen LogP) is 3.63. The minimum Gasteiger partial charge on any atom is -0.497 e. The molecule has 0 N–H and O–H groups in total. The Hall–Kier alpha value is -2.72. The van der Waals surface area contributed by atoms with Gasteiger partial charge in [0, 0.05) is 17.3 Å². The smallest absolute Gasteiger partial charge is 0.174 e. The number of ether oxygens (including phenoxy) is 2. The quantitative estimate of drug-likeness (QED) is 0.656. The number of fused-ring (bicyclic) bond motifs is 5. The Bertz CT molecular complexity index is 1050. The molecule has 0 spiro atoms. The first-order valence-electron chi connectivity index (χ1n) is 7.74. The number of methoxy groups -OCH3 is 1. The molecule has 2 aromatic heterocycles. The molecule has 6 nitrogen and oxygen atoms in total. The van der Waals surface area contributed by atoms with E-state index in [1.54, 1.807) is 17.8 Å². The molecule has 1 aliphatic rings. The zero-order valence-electron chi connectivity index (χ0n) is 14.3. The van der Waals surface area contributed by atoms with E-state index in [9.17, 15) is 5.26 Å². The van der Waals surface area contributed by atoms with E-state index in [4.69, 9.17) is 9.47 Å². The van der Waals surface area contributed by atoms with E-state index in [1.807, 2.05) is 38.3 Å². The van der Waals surface area contributed by atoms with Crippen LogP contribution in [0.15, 0.2) is 29.4 Å². The Kier molecular flexibility index (Phi) is 3.41. The van der Waals surface area contributed by atoms with Crippen LogP contribution in [0.5, 0.6) is 11.5 Å². The van der Waals surface area contributed by atoms with Crippen molar-refractivity contribution in [1.29, 1.82) is 5.26 Å². The molecular weight excluding hydrogens is 336 g/mol. The lowest BCUT2D eigenvalue weighted by Crippen LogP contribution is -2.30. The molecule has 7 heteroatoms. The number of nitriles is 1. The summed E-state index contributed by atoms with van der Waals surface area (Å²) in [6.07, 6.45) is 3.68. The SMILES string of the molecule is COc1ccc2c(c1)-c1c(cnc3c(C#N)c(SC)nn13)C(C)(C)O2. The molecule has 4 rings (SSSR count). The fourth-order valence-electron chi connectivity index (χ4n) is 3.15. The summed E-state index contributed by atoms with van der Waals surface area (Å²) in [6, 6.07) is 7.92. The molecule has 3 aromatic rings. The van der Waals surface area contributed by atoms with Crippen LogP contribution < -0.4 is 9.47 Å². The van der Waals surface area contributed by atoms with Gasteiger partial charge in [-0.3, -0.25) is 0 Å². The standard InChI is InChI=1S/C18H16N4O2S/c1-18(2)13-9-20-16-12(8-19)17(25-4)21-22(16)15(13)11-7-10(23-3)5-6-14(11)24-18/h5-7,9H,1-4H3. The van der Waals surface area contributed by atoms with Crippen molar-refractivity contribution in [3.8, 4) is 28.8 Å². The summed E-state index contributed by atoms with van der Waals surface area (Å²) >= 11 is 1.43. The topological polar surface area (TPSA) is 72.4 Å². The summed E-state index contributed by atoms with van der Waals surface area (Å²) in [5.74, 6) is 1.49. The Labute approximate surface area is 149 Å². The second kappa shape index (κ2) is 5.39. The van der Waals surface area contributed by atoms with Crippen molar-refractivity contribution >= 4 is 17.4 Å². The summed E-state index contributed by atoms with van der Waals surface area (Å²) in [5.41, 5.74) is 3.16. The molecule has 3 heterocycles. The van der Waals surface area contributed by atoms with E-state index in [1.165, 1.54) is 11.8 Å². The minimum atomic E-state index is -0.559. The van der Waals surface area contributed by atoms with Crippen molar-refractivity contribution < 1.29 is 9.47 Å². The molecule has 0 saturated heterocycles. The van der Waals surface area contributed by atoms with Crippen LogP contribution in [0.3, 0.4) is 0 Å². The summed E-state index contributed by atoms with van der Waals surface area (Å²) in [7, 11) is 1.63. The Morgan fingerprint density at radius 1 is 1.36 bits per heavy atom. The van der Waals surface area contributed by atoms with Gasteiger partial charge in [0.05, 0.1) is 12.8 Å². The fraction of sp³-hybridized carbons (Fsp3) is 0.278. The van der Waals surface area contributed by atoms with E-state index < -0.39 is 5.60 Å². The highest BCUT2D eigenvalue weighted by Crippen LogP contribution is 2.46. The first-order chi connectivity index (χ1) is 12.0. The molecule has 0 amide bonds. The molecule has 1 aromatic carbocycles. The molecule has 0 aliphatic carbocycles. The van der Waals surface area contributed by atoms with Gasteiger partial charge in [0.25, 0.3) is 0 Å². The maximum atomic E-state index is 9.52. The number of rotatable bonds is 2. The van der Waals surface area contributed by atoms with Crippen molar-refractivity contribution in [3.63, 3.8) is 0 Å². The van der Waals surface area contributed by atoms with Gasteiger partial charge in [0.1, 0.15) is 33.8 Å². The van der Waals surface area contributed by atoms with Crippen LogP contribution in [-0.2, 0) is 5.60 Å². The van der Waals surface area contributed by atoms with E-state index in [2.05, 4.69) is 16.2 Å². The van der Waals surface area contributed by atoms with Crippen molar-refractivity contribution in [2.24, 2.45) is 0 Å². The molecule has 0 bridgehead atoms. The average molecular weight is 352 g/mol. The molecule has 25 heavy (non-hydrogen) atoms. The summed E-state index contributed by atoms with van der Waals surface area (Å²) in [4.78, 5) is 4.50. The van der Waals surface area contributed by atoms with Crippen LogP contribution in [-0.4, -0.2) is 28.0 Å². The molecule has 0 atom stereocenters. The number of aromatic nitrogens is 3. The van der Waals surface area contributed by atoms with Crippen LogP contribution in [0, 0.1) is 11.3 Å². The second-order valence-electron chi connectivity index (χ2n) is 6.23. The minimum absolute atomic E-state index is 0.490. The lowest BCUT2D eigenvalue weighted by molar-refractivity contribution is 0.104. The fourth-order valence-corrected chi connectivity index (χ4v) is 3.65. The van der Waals surface area contributed by atoms with Gasteiger partial charge >= 0.3 is 0 Å². The number of thioether (sulfide) groups is 1. The zero-order chi connectivity index (χ0) is 17.8. The van der Waals surface area contributed by atoms with Crippen molar-refractivity contribution in [3.05, 3.63) is 35.5 Å². The number of benzene rings is 1. The second-order valence-corrected chi connectivity index (χ2v) is 7.02. The average Bonchev–Trinajstić information content (AvgIpc) is 2.98. The Balaban J connectivity index is 2.14. The molecule has 126 valence electrons. The third-order valence-electron chi connectivity index (χ3n) is 4.37. The molecule has 0 unspecified atom stereocenters. The Morgan fingerprint density at radius 3 is 2.84 bits per heavy atom. The number of hydrogen-bond acceptors (Lipinski definition) is 6. The van der Waals surface area contributed by atoms with Crippen LogP contribution in [0.25, 0.3) is 16.9 Å². The van der Waals surface area contributed by atoms with Gasteiger partial charge < -0.3 is 9.47 Å². The van der Waals surface area contributed by atoms with Gasteiger partial charge in [-0.05, 0) is 38.3 Å². The molecular formula is C18H16N4O2S. The summed E-state index contributed by atoms with van der Waals surface area (Å²) in [5, 5.41) is 14.8. The highest BCUT2D eigenvalue weighted by molar-refractivity contribution is 7.98. The number of nitrogens with zero attached hydrogens (tertiary/aromatic N) is 4. The Morgan fingerprint density at radius 2 is 2.16 bits per heavy atom. The highest BCUT2D eigenvalue weighted by Gasteiger charge is 2.36. The third kappa shape index (κ3) is 2.18. The first kappa shape index (κ1) is 15.8. The monoisotopic (exact) mass is 352 g/mol. The largest absolute Gasteiger partial charge is 0.497 e. The molecule has 0 saturated carbocycles. The maximum absolute atomic E-state index is 9.52. The van der Waals surface area contributed by atoms with E-state index in [0.29, 0.717) is 16.2 Å². The van der Waals surface area contributed by atoms with E-state index in [0.717, 1.165) is 28.3 Å². The maximum Gasteiger partial charge on any atom is 0.174 e. The van der Waals surface area contributed by atoms with Crippen molar-refractivity contribution in [2.45, 2.75) is 24.5 Å². The lowest BCUT2D eigenvalue weighted by atomic mass is 9.90. The van der Waals surface area contributed by atoms with Crippen molar-refractivity contribution in [1.82, 2.24) is 14.6 Å². The van der Waals surface area contributed by atoms with Crippen LogP contribution in [0.4, 0.5) is 0 Å². The van der Waals surface area contributed by atoms with Crippen LogP contribution in [0.1, 0.15) is 25.0 Å². The van der Waals surface area contributed by atoms with Crippen molar-refractivity contribution in [2.75, 3.05) is 13.4 Å². The van der Waals surface area contributed by atoms with Gasteiger partial charge in [-0.1, -0.05) is 0 Å². The van der Waals surface area contributed by atoms with Crippen LogP contribution >= 0.6 is 11.8 Å². The number of hydrogen-bond donors (Lipinski definition) is 0. The molecule has 1 aliphatic heterocycles. The summed E-state index contributed by atoms with van der Waals surface area (Å²) < 4.78 is 13.3. The molecule has 0 radical (unpaired) electrons. The van der Waals surface area contributed by atoms with E-state index in [-0.39, 0.29) is 0 Å². The van der Waals surface area contributed by atoms with Gasteiger partial charge in [-0.2, -0.15) is 10.4 Å². The van der Waals surface area contributed by atoms with Gasteiger partial charge in [0.15, 0.2) is 5.65 Å². The third-order valence-corrected chi connectivity index (χ3v) is 5.04. The van der Waals surface area contributed by atoms with E-state index >= 15 is 0 Å². The van der Waals surface area contributed by atoms with Gasteiger partial charge in [-0.15, -0.1) is 11.8 Å². The zero-order valence-corrected chi connectivity index (χ0v) is 15.1.